The number of methoxy groups -OCH3 is 2. The second kappa shape index (κ2) is 10.5. The van der Waals surface area contributed by atoms with Crippen molar-refractivity contribution in [2.45, 2.75) is 10.8 Å². The van der Waals surface area contributed by atoms with E-state index in [0.29, 0.717) is 0 Å². The number of hydrogen-bond acceptors (Lipinski definition) is 5. The first kappa shape index (κ1) is 29.1. The van der Waals surface area contributed by atoms with Crippen LogP contribution in [0.1, 0.15) is 22.3 Å². The summed E-state index contributed by atoms with van der Waals surface area (Å²) in [5.41, 5.74) is 4.16. The molecule has 3 fully saturated rings. The second-order valence-corrected chi connectivity index (χ2v) is 14.0. The third-order valence-electron chi connectivity index (χ3n) is 12.6. The van der Waals surface area contributed by atoms with Crippen molar-refractivity contribution in [2.75, 3.05) is 14.2 Å². The molecule has 5 nitrogen and oxygen atoms in total. The van der Waals surface area contributed by atoms with Crippen molar-refractivity contribution >= 4 is 28.9 Å². The Bertz CT molecular complexity index is 1860. The standard InChI is InChI=1S/C43H36O5/c1-47-39(44)33-29-23-24-30(34(33)40(45)48-2)32-31(29)37-38(32)43(28-21-13-6-14-22-28)36(26-17-9-4-10-18-26)35(25-15-7-3-8-16-25)42(37,41(43)46)27-19-11-5-12-20-27/h3-24,29-34,37-38H,1-2H3/t29-,30+,31-,32-,33+,34-,37-,38-,42+,43+/m1/s1. The Labute approximate surface area is 280 Å². The van der Waals surface area contributed by atoms with Gasteiger partial charge in [0.25, 0.3) is 0 Å². The van der Waals surface area contributed by atoms with Crippen molar-refractivity contribution in [3.05, 3.63) is 156 Å². The number of ether oxygens (including phenoxy) is 2. The molecule has 10 rings (SSSR count). The molecule has 4 aromatic carbocycles. The molecular formula is C43H36O5. The summed E-state index contributed by atoms with van der Waals surface area (Å²) in [5, 5.41) is 0. The van der Waals surface area contributed by atoms with Crippen LogP contribution < -0.4 is 0 Å². The van der Waals surface area contributed by atoms with Gasteiger partial charge in [0.05, 0.1) is 36.9 Å². The van der Waals surface area contributed by atoms with E-state index in [1.165, 1.54) is 14.2 Å². The van der Waals surface area contributed by atoms with Crippen molar-refractivity contribution in [3.63, 3.8) is 0 Å². The van der Waals surface area contributed by atoms with Gasteiger partial charge in [-0.05, 0) is 68.9 Å². The normalized spacial score (nSPS) is 35.1. The lowest BCUT2D eigenvalue weighted by Gasteiger charge is -2.69. The summed E-state index contributed by atoms with van der Waals surface area (Å²) in [6.45, 7) is 0. The summed E-state index contributed by atoms with van der Waals surface area (Å²) >= 11 is 0. The minimum atomic E-state index is -0.984. The molecule has 0 heterocycles. The molecule has 0 radical (unpaired) electrons. The van der Waals surface area contributed by atoms with Gasteiger partial charge < -0.3 is 9.47 Å². The zero-order chi connectivity index (χ0) is 32.8. The highest BCUT2D eigenvalue weighted by atomic mass is 16.5. The number of rotatable bonds is 6. The van der Waals surface area contributed by atoms with Gasteiger partial charge in [0.15, 0.2) is 5.78 Å². The van der Waals surface area contributed by atoms with Crippen LogP contribution in [0.3, 0.4) is 0 Å². The van der Waals surface area contributed by atoms with Crippen molar-refractivity contribution < 1.29 is 23.9 Å². The lowest BCUT2D eigenvalue weighted by Crippen LogP contribution is -2.69. The van der Waals surface area contributed by atoms with E-state index in [0.717, 1.165) is 33.4 Å². The van der Waals surface area contributed by atoms with Gasteiger partial charge in [-0.25, -0.2) is 0 Å². The highest BCUT2D eigenvalue weighted by Crippen LogP contribution is 2.83. The second-order valence-electron chi connectivity index (χ2n) is 14.0. The topological polar surface area (TPSA) is 69.7 Å². The van der Waals surface area contributed by atoms with Gasteiger partial charge in [0.1, 0.15) is 0 Å². The maximum Gasteiger partial charge on any atom is 0.310 e. The van der Waals surface area contributed by atoms with Gasteiger partial charge >= 0.3 is 11.9 Å². The van der Waals surface area contributed by atoms with Gasteiger partial charge in [-0.15, -0.1) is 0 Å². The summed E-state index contributed by atoms with van der Waals surface area (Å²) in [6, 6.07) is 41.4. The minimum Gasteiger partial charge on any atom is -0.469 e. The van der Waals surface area contributed by atoms with Crippen LogP contribution in [0.5, 0.6) is 0 Å². The van der Waals surface area contributed by atoms with Crippen molar-refractivity contribution in [3.8, 4) is 0 Å². The van der Waals surface area contributed by atoms with Crippen molar-refractivity contribution in [1.82, 2.24) is 0 Å². The van der Waals surface area contributed by atoms with Crippen LogP contribution in [0, 0.1) is 47.3 Å². The molecule has 238 valence electrons. The van der Waals surface area contributed by atoms with E-state index >= 15 is 4.79 Å². The van der Waals surface area contributed by atoms with Crippen LogP contribution in [-0.2, 0) is 34.7 Å². The highest BCUT2D eigenvalue weighted by Gasteiger charge is 2.86. The SMILES string of the molecule is COC(=O)[C@@H]1[C@H]2C=C[C@@H]([C@@H]1C(=O)OC)[C@@H]1[C@@H]2[C@@H]2[C@@H]1[C@@]1(c3ccccc3)C(=O)[C@@]2(c2ccccc2)C(c2ccccc2)=C1c1ccccc1. The fourth-order valence-corrected chi connectivity index (χ4v) is 11.4. The first-order valence-corrected chi connectivity index (χ1v) is 16.9. The Kier molecular flexibility index (Phi) is 6.36. The number of benzene rings is 4. The molecule has 10 atom stereocenters. The number of hydrogen-bond donors (Lipinski definition) is 0. The average molecular weight is 633 g/mol. The highest BCUT2D eigenvalue weighted by molar-refractivity contribution is 6.30. The molecule has 4 aromatic rings. The number of fused-ring (bicyclic) bond motifs is 6. The third-order valence-corrected chi connectivity index (χ3v) is 12.6. The lowest BCUT2D eigenvalue weighted by atomic mass is 9.33. The Hall–Kier alpha value is -5.03. The molecule has 5 heteroatoms. The quantitative estimate of drug-likeness (QED) is 0.170. The van der Waals surface area contributed by atoms with Crippen LogP contribution in [0.4, 0.5) is 0 Å². The zero-order valence-corrected chi connectivity index (χ0v) is 26.9. The molecule has 48 heavy (non-hydrogen) atoms. The maximum absolute atomic E-state index is 16.3. The predicted octanol–water partition coefficient (Wildman–Crippen LogP) is 6.94. The molecular weight excluding hydrogens is 596 g/mol. The minimum absolute atomic E-state index is 0.0132. The summed E-state index contributed by atoms with van der Waals surface area (Å²) in [7, 11) is 2.78. The fraction of sp³-hybridized carbons (Fsp3) is 0.279. The largest absolute Gasteiger partial charge is 0.469 e. The summed E-state index contributed by atoms with van der Waals surface area (Å²) in [4.78, 5) is 43.5. The smallest absolute Gasteiger partial charge is 0.310 e. The van der Waals surface area contributed by atoms with E-state index in [-0.39, 0.29) is 41.3 Å². The molecule has 4 bridgehead atoms. The lowest BCUT2D eigenvalue weighted by molar-refractivity contribution is -0.195. The van der Waals surface area contributed by atoms with Crippen molar-refractivity contribution in [1.29, 1.82) is 0 Å². The molecule has 6 aliphatic carbocycles. The third kappa shape index (κ3) is 3.34. The Balaban J connectivity index is 1.42. The van der Waals surface area contributed by atoms with E-state index in [1.807, 2.05) is 48.5 Å². The van der Waals surface area contributed by atoms with E-state index in [4.69, 9.17) is 9.47 Å². The van der Waals surface area contributed by atoms with Gasteiger partial charge in [0, 0.05) is 0 Å². The van der Waals surface area contributed by atoms with Gasteiger partial charge in [-0.1, -0.05) is 133 Å². The number of carbonyl (C=O) groups is 3. The molecule has 0 aromatic heterocycles. The van der Waals surface area contributed by atoms with Crippen LogP contribution >= 0.6 is 0 Å². The predicted molar refractivity (Wildman–Crippen MR) is 182 cm³/mol. The molecule has 0 aliphatic heterocycles. The zero-order valence-electron chi connectivity index (χ0n) is 26.9. The molecule has 0 saturated heterocycles. The first-order valence-electron chi connectivity index (χ1n) is 16.9. The van der Waals surface area contributed by atoms with Crippen LogP contribution in [0.15, 0.2) is 133 Å². The molecule has 0 N–H and O–H groups in total. The van der Waals surface area contributed by atoms with Crippen LogP contribution in [0.2, 0.25) is 0 Å². The molecule has 0 spiro atoms. The van der Waals surface area contributed by atoms with Crippen molar-refractivity contribution in [2.24, 2.45) is 47.3 Å². The van der Waals surface area contributed by atoms with E-state index in [1.54, 1.807) is 0 Å². The molecule has 0 amide bonds. The summed E-state index contributed by atoms with van der Waals surface area (Å²) in [6.07, 6.45) is 4.27. The Morgan fingerprint density at radius 2 is 0.854 bits per heavy atom. The van der Waals surface area contributed by atoms with Crippen LogP contribution in [-0.4, -0.2) is 31.9 Å². The summed E-state index contributed by atoms with van der Waals surface area (Å²) < 4.78 is 10.8. The van der Waals surface area contributed by atoms with E-state index < -0.39 is 34.6 Å². The monoisotopic (exact) mass is 632 g/mol. The molecule has 6 aliphatic rings. The first-order chi connectivity index (χ1) is 23.5. The van der Waals surface area contributed by atoms with Gasteiger partial charge in [-0.3, -0.25) is 14.4 Å². The van der Waals surface area contributed by atoms with Gasteiger partial charge in [0.2, 0.25) is 0 Å². The van der Waals surface area contributed by atoms with E-state index in [2.05, 4.69) is 84.9 Å². The number of ketones is 1. The molecule has 0 unspecified atom stereocenters. The average Bonchev–Trinajstić information content (AvgIpc) is 3.49. The fourth-order valence-electron chi connectivity index (χ4n) is 11.4. The Morgan fingerprint density at radius 1 is 0.521 bits per heavy atom. The maximum atomic E-state index is 16.3. The van der Waals surface area contributed by atoms with Crippen LogP contribution in [0.25, 0.3) is 11.1 Å². The Morgan fingerprint density at radius 3 is 1.19 bits per heavy atom. The number of Topliss-reactive ketones (excluding diaryl/α,β-unsaturated/α-hetero) is 1. The molecule has 3 saturated carbocycles. The summed E-state index contributed by atoms with van der Waals surface area (Å²) in [5.74, 6) is -2.72. The number of carbonyl (C=O) groups excluding carboxylic acids is 3. The number of allylic oxidation sites excluding steroid dienone is 4. The van der Waals surface area contributed by atoms with E-state index in [9.17, 15) is 9.59 Å². The van der Waals surface area contributed by atoms with Gasteiger partial charge in [-0.2, -0.15) is 0 Å². The number of esters is 2.